The predicted molar refractivity (Wildman–Crippen MR) is 89.4 cm³/mol. The van der Waals surface area contributed by atoms with Gasteiger partial charge in [-0.05, 0) is 61.1 Å². The van der Waals surface area contributed by atoms with Gasteiger partial charge in [-0.25, -0.2) is 0 Å². The quantitative estimate of drug-likeness (QED) is 0.841. The maximum atomic E-state index is 12.2. The van der Waals surface area contributed by atoms with Gasteiger partial charge >= 0.3 is 0 Å². The average molecular weight is 298 g/mol. The van der Waals surface area contributed by atoms with Crippen molar-refractivity contribution in [3.63, 3.8) is 0 Å². The highest BCUT2D eigenvalue weighted by molar-refractivity contribution is 7.98. The Morgan fingerprint density at radius 2 is 2.00 bits per heavy atom. The van der Waals surface area contributed by atoms with Crippen molar-refractivity contribution in [1.29, 1.82) is 0 Å². The number of carbonyl (C=O) groups is 1. The van der Waals surface area contributed by atoms with Crippen molar-refractivity contribution in [2.45, 2.75) is 17.7 Å². The Labute approximate surface area is 129 Å². The van der Waals surface area contributed by atoms with E-state index in [1.807, 2.05) is 42.7 Å². The second-order valence-corrected chi connectivity index (χ2v) is 5.96. The largest absolute Gasteiger partial charge is 0.385 e. The minimum atomic E-state index is -0.0709. The molecule has 0 bridgehead atoms. The van der Waals surface area contributed by atoms with Crippen molar-refractivity contribution in [3.05, 3.63) is 53.6 Å². The lowest BCUT2D eigenvalue weighted by molar-refractivity contribution is 0.102. The molecule has 0 aliphatic carbocycles. The van der Waals surface area contributed by atoms with Gasteiger partial charge in [0.2, 0.25) is 0 Å². The van der Waals surface area contributed by atoms with Gasteiger partial charge in [0.1, 0.15) is 0 Å². The third-order valence-corrected chi connectivity index (χ3v) is 4.40. The van der Waals surface area contributed by atoms with Crippen LogP contribution in [0.25, 0.3) is 0 Å². The first-order valence-corrected chi connectivity index (χ1v) is 8.31. The fraction of sp³-hybridized carbons (Fsp3) is 0.235. The maximum Gasteiger partial charge on any atom is 0.255 e. The highest BCUT2D eigenvalue weighted by Gasteiger charge is 2.11. The van der Waals surface area contributed by atoms with Gasteiger partial charge in [0.25, 0.3) is 5.91 Å². The molecule has 2 N–H and O–H groups in total. The Bertz CT molecular complexity index is 652. The molecule has 0 saturated carbocycles. The van der Waals surface area contributed by atoms with Crippen LogP contribution in [0.3, 0.4) is 0 Å². The number of fused-ring (bicyclic) bond motifs is 1. The molecule has 2 aromatic carbocycles. The lowest BCUT2D eigenvalue weighted by atomic mass is 10.0. The SMILES string of the molecule is CSc1ccc(C(=O)Nc2ccc3c(c2)NCCC3)cc1. The fourth-order valence-corrected chi connectivity index (χ4v) is 2.89. The van der Waals surface area contributed by atoms with Gasteiger partial charge < -0.3 is 10.6 Å². The van der Waals surface area contributed by atoms with Crippen molar-refractivity contribution in [1.82, 2.24) is 0 Å². The highest BCUT2D eigenvalue weighted by atomic mass is 32.2. The summed E-state index contributed by atoms with van der Waals surface area (Å²) in [5.41, 5.74) is 3.97. The van der Waals surface area contributed by atoms with Crippen LogP contribution in [-0.4, -0.2) is 18.7 Å². The van der Waals surface area contributed by atoms with Crippen LogP contribution in [0.4, 0.5) is 11.4 Å². The van der Waals surface area contributed by atoms with E-state index in [9.17, 15) is 4.79 Å². The van der Waals surface area contributed by atoms with E-state index in [1.165, 1.54) is 12.0 Å². The van der Waals surface area contributed by atoms with E-state index in [-0.39, 0.29) is 5.91 Å². The van der Waals surface area contributed by atoms with E-state index in [2.05, 4.69) is 16.7 Å². The number of hydrogen-bond acceptors (Lipinski definition) is 3. The summed E-state index contributed by atoms with van der Waals surface area (Å²) in [4.78, 5) is 13.4. The Balaban J connectivity index is 1.74. The number of thioether (sulfide) groups is 1. The van der Waals surface area contributed by atoms with Gasteiger partial charge in [-0.15, -0.1) is 11.8 Å². The molecule has 1 heterocycles. The molecule has 0 aromatic heterocycles. The number of rotatable bonds is 3. The predicted octanol–water partition coefficient (Wildman–Crippen LogP) is 4.02. The number of amides is 1. The van der Waals surface area contributed by atoms with Crippen LogP contribution >= 0.6 is 11.8 Å². The van der Waals surface area contributed by atoms with E-state index in [0.717, 1.165) is 29.2 Å². The smallest absolute Gasteiger partial charge is 0.255 e. The number of carbonyl (C=O) groups excluding carboxylic acids is 1. The Kier molecular flexibility index (Phi) is 4.15. The molecule has 0 radical (unpaired) electrons. The number of anilines is 2. The molecule has 21 heavy (non-hydrogen) atoms. The first-order chi connectivity index (χ1) is 10.3. The summed E-state index contributed by atoms with van der Waals surface area (Å²) < 4.78 is 0. The lowest BCUT2D eigenvalue weighted by Gasteiger charge is -2.18. The lowest BCUT2D eigenvalue weighted by Crippen LogP contribution is -2.14. The minimum Gasteiger partial charge on any atom is -0.385 e. The zero-order valence-electron chi connectivity index (χ0n) is 12.0. The Morgan fingerprint density at radius 1 is 1.19 bits per heavy atom. The normalized spacial score (nSPS) is 13.2. The number of benzene rings is 2. The summed E-state index contributed by atoms with van der Waals surface area (Å²) >= 11 is 1.67. The topological polar surface area (TPSA) is 41.1 Å². The third-order valence-electron chi connectivity index (χ3n) is 3.66. The molecular formula is C17H18N2OS. The van der Waals surface area contributed by atoms with Crippen LogP contribution < -0.4 is 10.6 Å². The Hall–Kier alpha value is -1.94. The molecule has 2 aromatic rings. The summed E-state index contributed by atoms with van der Waals surface area (Å²) in [7, 11) is 0. The second-order valence-electron chi connectivity index (χ2n) is 5.08. The van der Waals surface area contributed by atoms with Gasteiger partial charge in [0.15, 0.2) is 0 Å². The summed E-state index contributed by atoms with van der Waals surface area (Å²) in [6.45, 7) is 1.00. The van der Waals surface area contributed by atoms with Crippen molar-refractivity contribution < 1.29 is 4.79 Å². The number of nitrogens with one attached hydrogen (secondary N) is 2. The van der Waals surface area contributed by atoms with Crippen LogP contribution in [0.2, 0.25) is 0 Å². The van der Waals surface area contributed by atoms with Crippen LogP contribution in [0.15, 0.2) is 47.4 Å². The standard InChI is InChI=1S/C17H18N2OS/c1-21-15-8-5-13(6-9-15)17(20)19-14-7-4-12-3-2-10-18-16(12)11-14/h4-9,11,18H,2-3,10H2,1H3,(H,19,20). The van der Waals surface area contributed by atoms with Gasteiger partial charge in [-0.1, -0.05) is 6.07 Å². The van der Waals surface area contributed by atoms with E-state index in [1.54, 1.807) is 11.8 Å². The highest BCUT2D eigenvalue weighted by Crippen LogP contribution is 2.25. The van der Waals surface area contributed by atoms with Crippen LogP contribution in [0.1, 0.15) is 22.3 Å². The van der Waals surface area contributed by atoms with Crippen molar-refractivity contribution >= 4 is 29.0 Å². The van der Waals surface area contributed by atoms with Crippen LogP contribution in [-0.2, 0) is 6.42 Å². The van der Waals surface area contributed by atoms with E-state index in [4.69, 9.17) is 0 Å². The molecule has 4 heteroatoms. The van der Waals surface area contributed by atoms with Gasteiger partial charge in [-0.2, -0.15) is 0 Å². The van der Waals surface area contributed by atoms with E-state index < -0.39 is 0 Å². The number of hydrogen-bond donors (Lipinski definition) is 2. The first-order valence-electron chi connectivity index (χ1n) is 7.08. The third kappa shape index (κ3) is 3.22. The first kappa shape index (κ1) is 14.0. The minimum absolute atomic E-state index is 0.0709. The van der Waals surface area contributed by atoms with Crippen LogP contribution in [0.5, 0.6) is 0 Å². The molecule has 3 rings (SSSR count). The molecule has 3 nitrogen and oxygen atoms in total. The molecule has 0 saturated heterocycles. The fourth-order valence-electron chi connectivity index (χ4n) is 2.48. The molecule has 1 amide bonds. The molecule has 0 atom stereocenters. The maximum absolute atomic E-state index is 12.2. The monoisotopic (exact) mass is 298 g/mol. The summed E-state index contributed by atoms with van der Waals surface area (Å²) in [6, 6.07) is 13.7. The van der Waals surface area contributed by atoms with Gasteiger partial charge in [0, 0.05) is 28.4 Å². The van der Waals surface area contributed by atoms with E-state index >= 15 is 0 Å². The van der Waals surface area contributed by atoms with Crippen molar-refractivity contribution in [2.24, 2.45) is 0 Å². The molecule has 0 unspecified atom stereocenters. The van der Waals surface area contributed by atoms with Gasteiger partial charge in [0.05, 0.1) is 0 Å². The Morgan fingerprint density at radius 3 is 2.76 bits per heavy atom. The molecule has 0 fully saturated rings. The molecule has 0 spiro atoms. The second kappa shape index (κ2) is 6.22. The number of aryl methyl sites for hydroxylation is 1. The van der Waals surface area contributed by atoms with Crippen LogP contribution in [0, 0.1) is 0 Å². The van der Waals surface area contributed by atoms with Crippen molar-refractivity contribution in [2.75, 3.05) is 23.4 Å². The summed E-state index contributed by atoms with van der Waals surface area (Å²) in [6.07, 6.45) is 4.29. The zero-order valence-corrected chi connectivity index (χ0v) is 12.8. The molecular weight excluding hydrogens is 280 g/mol. The van der Waals surface area contributed by atoms with Gasteiger partial charge in [-0.3, -0.25) is 4.79 Å². The van der Waals surface area contributed by atoms with E-state index in [0.29, 0.717) is 5.56 Å². The summed E-state index contributed by atoms with van der Waals surface area (Å²) in [5, 5.41) is 6.34. The molecule has 1 aliphatic rings. The van der Waals surface area contributed by atoms with Crippen molar-refractivity contribution in [3.8, 4) is 0 Å². The average Bonchev–Trinajstić information content (AvgIpc) is 2.55. The summed E-state index contributed by atoms with van der Waals surface area (Å²) in [5.74, 6) is -0.0709. The zero-order chi connectivity index (χ0) is 14.7. The molecule has 1 aliphatic heterocycles. The molecule has 108 valence electrons.